The van der Waals surface area contributed by atoms with Crippen LogP contribution in [-0.4, -0.2) is 15.9 Å². The minimum absolute atomic E-state index is 0.648. The van der Waals surface area contributed by atoms with Gasteiger partial charge in [0.25, 0.3) is 5.52 Å². The van der Waals surface area contributed by atoms with Crippen molar-refractivity contribution in [2.75, 3.05) is 0 Å². The Hall–Kier alpha value is -2.80. The van der Waals surface area contributed by atoms with E-state index >= 15 is 0 Å². The fourth-order valence-electron chi connectivity index (χ4n) is 3.11. The summed E-state index contributed by atoms with van der Waals surface area (Å²) in [6.45, 7) is 2.09. The van der Waals surface area contributed by atoms with Gasteiger partial charge in [0.05, 0.1) is 11.1 Å². The molecule has 1 heterocycles. The summed E-state index contributed by atoms with van der Waals surface area (Å²) in [5.74, 6) is 1.68. The van der Waals surface area contributed by atoms with Gasteiger partial charge >= 0.3 is 15.9 Å². The Morgan fingerprint density at radius 3 is 2.22 bits per heavy atom. The van der Waals surface area contributed by atoms with Crippen molar-refractivity contribution in [2.45, 2.75) is 6.92 Å². The number of rotatable bonds is 5. The number of aromatic nitrogens is 1. The van der Waals surface area contributed by atoms with Gasteiger partial charge in [-0.3, -0.25) is 0 Å². The monoisotopic (exact) mass is 369 g/mol. The van der Waals surface area contributed by atoms with Crippen LogP contribution in [-0.2, 0) is 7.05 Å². The molecule has 1 aromatic heterocycles. The van der Waals surface area contributed by atoms with Crippen LogP contribution in [0.2, 0.25) is 0 Å². The molecule has 1 radical (unpaired) electrons. The van der Waals surface area contributed by atoms with Gasteiger partial charge in [0.15, 0.2) is 11.4 Å². The summed E-state index contributed by atoms with van der Waals surface area (Å²) in [6, 6.07) is 28.8. The summed E-state index contributed by atoms with van der Waals surface area (Å²) in [4.78, 5) is 0. The number of hydrogen-bond acceptors (Lipinski definition) is 2. The van der Waals surface area contributed by atoms with Gasteiger partial charge in [-0.1, -0.05) is 48.5 Å². The molecule has 4 aromatic rings. The number of nitrogens with zero attached hydrogens (tertiary/aromatic N) is 1. The quantitative estimate of drug-likeness (QED) is 0.378. The third-order valence-electron chi connectivity index (χ3n) is 4.72. The smallest absolute Gasteiger partial charge is 0.616 e. The van der Waals surface area contributed by atoms with Gasteiger partial charge in [-0.05, 0) is 41.5 Å². The van der Waals surface area contributed by atoms with E-state index in [4.69, 9.17) is 7.58 Å². The van der Waals surface area contributed by atoms with Crippen molar-refractivity contribution in [1.82, 2.24) is 0 Å². The fraction of sp³-hybridized carbons (Fsp3) is 0.0870. The zero-order valence-corrected chi connectivity index (χ0v) is 16.6. The number of fused-ring (bicyclic) bond motifs is 1. The summed E-state index contributed by atoms with van der Waals surface area (Å²) in [5.41, 5.74) is 4.65. The molecule has 0 fully saturated rings. The van der Waals surface area contributed by atoms with Crippen molar-refractivity contribution < 1.29 is 12.1 Å². The molecule has 3 nitrogen and oxygen atoms in total. The van der Waals surface area contributed by atoms with Gasteiger partial charge in [0, 0.05) is 13.0 Å². The zero-order chi connectivity index (χ0) is 18.6. The maximum atomic E-state index is 6.01. The molecular formula is C23H20AlNO2+. The maximum absolute atomic E-state index is 6.01. The third-order valence-corrected chi connectivity index (χ3v) is 5.44. The predicted molar refractivity (Wildman–Crippen MR) is 109 cm³/mol. The van der Waals surface area contributed by atoms with E-state index in [1.165, 1.54) is 16.8 Å². The summed E-state index contributed by atoms with van der Waals surface area (Å²) in [6.07, 6.45) is 0. The van der Waals surface area contributed by atoms with E-state index in [0.29, 0.717) is 0 Å². The fourth-order valence-corrected chi connectivity index (χ4v) is 3.72. The summed E-state index contributed by atoms with van der Waals surface area (Å²) >= 11 is -0.648. The Morgan fingerprint density at radius 1 is 0.704 bits per heavy atom. The molecule has 0 amide bonds. The average Bonchev–Trinajstić information content (AvgIpc) is 2.72. The van der Waals surface area contributed by atoms with Gasteiger partial charge in [0.1, 0.15) is 7.05 Å². The highest BCUT2D eigenvalue weighted by Gasteiger charge is 2.16. The molecule has 131 valence electrons. The van der Waals surface area contributed by atoms with Crippen LogP contribution in [0.25, 0.3) is 22.0 Å². The molecule has 0 unspecified atom stereocenters. The number of pyridine rings is 1. The molecule has 4 heteroatoms. The first-order valence-electron chi connectivity index (χ1n) is 8.91. The third kappa shape index (κ3) is 3.83. The summed E-state index contributed by atoms with van der Waals surface area (Å²) in [5, 5.41) is 1.16. The molecule has 0 aliphatic carbocycles. The van der Waals surface area contributed by atoms with Crippen molar-refractivity contribution in [3.8, 4) is 22.6 Å². The average molecular weight is 369 g/mol. The van der Waals surface area contributed by atoms with Crippen LogP contribution in [0.1, 0.15) is 5.69 Å². The molecule has 27 heavy (non-hydrogen) atoms. The van der Waals surface area contributed by atoms with Crippen LogP contribution in [0.3, 0.4) is 0 Å². The maximum Gasteiger partial charge on any atom is 0.882 e. The lowest BCUT2D eigenvalue weighted by Gasteiger charge is -2.10. The van der Waals surface area contributed by atoms with Gasteiger partial charge < -0.3 is 7.58 Å². The van der Waals surface area contributed by atoms with Crippen molar-refractivity contribution in [2.24, 2.45) is 7.05 Å². The molecule has 0 bridgehead atoms. The number of para-hydroxylation sites is 1. The lowest BCUT2D eigenvalue weighted by Crippen LogP contribution is -2.33. The summed E-state index contributed by atoms with van der Waals surface area (Å²) < 4.78 is 14.0. The predicted octanol–water partition coefficient (Wildman–Crippen LogP) is 4.63. The van der Waals surface area contributed by atoms with Crippen LogP contribution in [0.5, 0.6) is 11.5 Å². The van der Waals surface area contributed by atoms with Gasteiger partial charge in [-0.25, -0.2) is 0 Å². The molecule has 0 aliphatic heterocycles. The second-order valence-corrected chi connectivity index (χ2v) is 7.11. The van der Waals surface area contributed by atoms with Crippen LogP contribution in [0.4, 0.5) is 0 Å². The molecule has 3 aromatic carbocycles. The van der Waals surface area contributed by atoms with Gasteiger partial charge in [0.2, 0.25) is 0 Å². The second kappa shape index (κ2) is 7.84. The van der Waals surface area contributed by atoms with E-state index in [2.05, 4.69) is 61.0 Å². The lowest BCUT2D eigenvalue weighted by atomic mass is 10.1. The molecule has 0 spiro atoms. The lowest BCUT2D eigenvalue weighted by molar-refractivity contribution is -0.651. The van der Waals surface area contributed by atoms with Crippen molar-refractivity contribution >= 4 is 26.8 Å². The van der Waals surface area contributed by atoms with E-state index in [1.54, 1.807) is 0 Å². The highest BCUT2D eigenvalue weighted by Crippen LogP contribution is 2.24. The van der Waals surface area contributed by atoms with Crippen LogP contribution in [0, 0.1) is 6.92 Å². The van der Waals surface area contributed by atoms with Crippen molar-refractivity contribution in [1.29, 1.82) is 0 Å². The minimum Gasteiger partial charge on any atom is -0.616 e. The Morgan fingerprint density at radius 2 is 1.44 bits per heavy atom. The molecule has 4 rings (SSSR count). The number of hydrogen-bond donors (Lipinski definition) is 0. The van der Waals surface area contributed by atoms with E-state index < -0.39 is 15.9 Å². The van der Waals surface area contributed by atoms with Crippen molar-refractivity contribution in [3.63, 3.8) is 0 Å². The normalized spacial score (nSPS) is 10.6. The first-order valence-corrected chi connectivity index (χ1v) is 9.85. The molecule has 0 atom stereocenters. The van der Waals surface area contributed by atoms with Gasteiger partial charge in [-0.15, -0.1) is 0 Å². The Labute approximate surface area is 166 Å². The second-order valence-electron chi connectivity index (χ2n) is 6.45. The first-order chi connectivity index (χ1) is 13.2. The van der Waals surface area contributed by atoms with Gasteiger partial charge in [-0.2, -0.15) is 4.57 Å². The molecule has 0 saturated heterocycles. The molecule has 0 saturated carbocycles. The van der Waals surface area contributed by atoms with E-state index in [1.807, 2.05) is 42.5 Å². The largest absolute Gasteiger partial charge is 0.882 e. The van der Waals surface area contributed by atoms with Crippen LogP contribution in [0.15, 0.2) is 84.9 Å². The van der Waals surface area contributed by atoms with E-state index in [0.717, 1.165) is 22.4 Å². The Balaban J connectivity index is 1.46. The zero-order valence-electron chi connectivity index (χ0n) is 15.4. The van der Waals surface area contributed by atoms with E-state index in [-0.39, 0.29) is 0 Å². The first kappa shape index (κ1) is 17.6. The minimum atomic E-state index is -0.648. The Bertz CT molecular complexity index is 1060. The SMILES string of the molecule is Cc1ccc2cccc([O][Al][O]c3ccc(-c4ccccc4)cc3)c2[n+]1C. The highest BCUT2D eigenvalue weighted by molar-refractivity contribution is 6.21. The Kier molecular flexibility index (Phi) is 5.11. The molecular weight excluding hydrogens is 349 g/mol. The topological polar surface area (TPSA) is 22.3 Å². The van der Waals surface area contributed by atoms with Crippen LogP contribution >= 0.6 is 0 Å². The van der Waals surface area contributed by atoms with Crippen LogP contribution < -0.4 is 12.1 Å². The number of benzene rings is 3. The molecule has 0 N–H and O–H groups in total. The number of aryl methyl sites for hydroxylation is 2. The standard InChI is InChI=1S/C12H10O.C11H11NO.Al/c13-12-8-6-11(7-9-12)10-4-2-1-3-5-10;1-8-6-7-9-4-3-5-10(13)11(9)12(8)2;/h1-9,13H;3-7H,1-2H3;/q;;+2/p-1. The van der Waals surface area contributed by atoms with Crippen molar-refractivity contribution in [3.05, 3.63) is 90.6 Å². The summed E-state index contributed by atoms with van der Waals surface area (Å²) in [7, 11) is 2.06. The molecule has 0 aliphatic rings. The van der Waals surface area contributed by atoms with E-state index in [9.17, 15) is 0 Å². The highest BCUT2D eigenvalue weighted by atomic mass is 27.2.